The summed E-state index contributed by atoms with van der Waals surface area (Å²) >= 11 is 0. The lowest BCUT2D eigenvalue weighted by Crippen LogP contribution is -2.26. The third-order valence-corrected chi connectivity index (χ3v) is 3.62. The highest BCUT2D eigenvalue weighted by Crippen LogP contribution is 2.24. The minimum absolute atomic E-state index is 0.0426. The number of anilines is 2. The molecule has 116 valence electrons. The van der Waals surface area contributed by atoms with E-state index in [1.807, 2.05) is 6.92 Å². The quantitative estimate of drug-likeness (QED) is 0.593. The second-order valence-corrected chi connectivity index (χ2v) is 5.34. The van der Waals surface area contributed by atoms with Crippen molar-refractivity contribution in [1.29, 1.82) is 0 Å². The van der Waals surface area contributed by atoms with Crippen molar-refractivity contribution in [3.8, 4) is 0 Å². The van der Waals surface area contributed by atoms with Crippen LogP contribution >= 0.6 is 0 Å². The number of rotatable bonds is 7. The number of pyridine rings is 1. The van der Waals surface area contributed by atoms with Crippen molar-refractivity contribution < 1.29 is 9.66 Å². The average molecular weight is 294 g/mol. The summed E-state index contributed by atoms with van der Waals surface area (Å²) in [5.41, 5.74) is 0.0426. The van der Waals surface area contributed by atoms with E-state index in [1.54, 1.807) is 0 Å². The van der Waals surface area contributed by atoms with Gasteiger partial charge in [-0.1, -0.05) is 6.92 Å². The number of nitrogens with zero attached hydrogens (tertiary/aromatic N) is 2. The Morgan fingerprint density at radius 3 is 2.90 bits per heavy atom. The molecule has 21 heavy (non-hydrogen) atoms. The van der Waals surface area contributed by atoms with Crippen LogP contribution in [0.1, 0.15) is 26.7 Å². The molecule has 1 aromatic rings. The molecule has 1 saturated heterocycles. The molecular formula is C14H22N4O3. The Bertz CT molecular complexity index is 489. The fourth-order valence-electron chi connectivity index (χ4n) is 2.34. The molecule has 2 unspecified atom stereocenters. The molecule has 0 saturated carbocycles. The van der Waals surface area contributed by atoms with Gasteiger partial charge < -0.3 is 15.4 Å². The van der Waals surface area contributed by atoms with Crippen LogP contribution in [0.4, 0.5) is 17.3 Å². The molecule has 2 N–H and O–H groups in total. The monoisotopic (exact) mass is 294 g/mol. The van der Waals surface area contributed by atoms with Crippen LogP contribution in [0.3, 0.4) is 0 Å². The van der Waals surface area contributed by atoms with Gasteiger partial charge in [-0.3, -0.25) is 10.1 Å². The van der Waals surface area contributed by atoms with E-state index < -0.39 is 4.92 Å². The Balaban J connectivity index is 2.12. The van der Waals surface area contributed by atoms with Gasteiger partial charge in [-0.25, -0.2) is 4.98 Å². The normalized spacial score (nSPS) is 19.2. The van der Waals surface area contributed by atoms with Gasteiger partial charge in [0.1, 0.15) is 11.6 Å². The SMILES string of the molecule is CCCNc1cc([N+](=O)[O-])cc(NC(C)C2CCOC2)n1. The maximum atomic E-state index is 11.0. The first-order valence-corrected chi connectivity index (χ1v) is 7.34. The number of hydrogen-bond donors (Lipinski definition) is 2. The third-order valence-electron chi connectivity index (χ3n) is 3.62. The zero-order valence-electron chi connectivity index (χ0n) is 12.5. The van der Waals surface area contributed by atoms with Crippen LogP contribution in [0, 0.1) is 16.0 Å². The molecular weight excluding hydrogens is 272 g/mol. The Hall–Kier alpha value is -1.89. The maximum Gasteiger partial charge on any atom is 0.276 e. The highest BCUT2D eigenvalue weighted by atomic mass is 16.6. The molecule has 0 spiro atoms. The summed E-state index contributed by atoms with van der Waals surface area (Å²) in [5.74, 6) is 1.48. The number of hydrogen-bond acceptors (Lipinski definition) is 6. The molecule has 0 aliphatic carbocycles. The molecule has 2 rings (SSSR count). The Labute approximate surface area is 124 Å². The third kappa shape index (κ3) is 4.29. The van der Waals surface area contributed by atoms with E-state index in [4.69, 9.17) is 4.74 Å². The number of nitro groups is 1. The van der Waals surface area contributed by atoms with E-state index >= 15 is 0 Å². The largest absolute Gasteiger partial charge is 0.381 e. The molecule has 0 bridgehead atoms. The van der Waals surface area contributed by atoms with Gasteiger partial charge in [0.25, 0.3) is 5.69 Å². The number of nitrogens with one attached hydrogen (secondary N) is 2. The number of aromatic nitrogens is 1. The second kappa shape index (κ2) is 7.21. The molecule has 1 aliphatic rings. The predicted octanol–water partition coefficient (Wildman–Crippen LogP) is 2.65. The summed E-state index contributed by atoms with van der Waals surface area (Å²) in [6.07, 6.45) is 1.94. The molecule has 7 heteroatoms. The van der Waals surface area contributed by atoms with Gasteiger partial charge in [0.2, 0.25) is 0 Å². The van der Waals surface area contributed by atoms with Gasteiger partial charge >= 0.3 is 0 Å². The Morgan fingerprint density at radius 2 is 2.29 bits per heavy atom. The molecule has 1 fully saturated rings. The summed E-state index contributed by atoms with van der Waals surface area (Å²) in [7, 11) is 0. The molecule has 7 nitrogen and oxygen atoms in total. The van der Waals surface area contributed by atoms with Crippen molar-refractivity contribution in [2.75, 3.05) is 30.4 Å². The minimum Gasteiger partial charge on any atom is -0.381 e. The molecule has 2 heterocycles. The standard InChI is InChI=1S/C14H22N4O3/c1-3-5-15-13-7-12(18(19)20)8-14(17-13)16-10(2)11-4-6-21-9-11/h7-8,10-11H,3-6,9H2,1-2H3,(H2,15,16,17). The molecule has 2 atom stereocenters. The maximum absolute atomic E-state index is 11.0. The van der Waals surface area contributed by atoms with Gasteiger partial charge in [0, 0.05) is 25.1 Å². The molecule has 0 amide bonds. The highest BCUT2D eigenvalue weighted by molar-refractivity contribution is 5.55. The highest BCUT2D eigenvalue weighted by Gasteiger charge is 2.23. The topological polar surface area (TPSA) is 89.3 Å². The lowest BCUT2D eigenvalue weighted by molar-refractivity contribution is -0.384. The Morgan fingerprint density at radius 1 is 1.52 bits per heavy atom. The predicted molar refractivity (Wildman–Crippen MR) is 81.7 cm³/mol. The van der Waals surface area contributed by atoms with E-state index in [9.17, 15) is 10.1 Å². The summed E-state index contributed by atoms with van der Waals surface area (Å²) in [5, 5.41) is 17.4. The first-order valence-electron chi connectivity index (χ1n) is 7.34. The number of ether oxygens (including phenoxy) is 1. The van der Waals surface area contributed by atoms with Crippen molar-refractivity contribution >= 4 is 17.3 Å². The summed E-state index contributed by atoms with van der Waals surface area (Å²) in [4.78, 5) is 15.0. The van der Waals surface area contributed by atoms with Crippen LogP contribution < -0.4 is 10.6 Å². The first kappa shape index (κ1) is 15.5. The van der Waals surface area contributed by atoms with Crippen molar-refractivity contribution in [2.24, 2.45) is 5.92 Å². The average Bonchev–Trinajstić information content (AvgIpc) is 2.99. The lowest BCUT2D eigenvalue weighted by Gasteiger charge is -2.20. The fourth-order valence-corrected chi connectivity index (χ4v) is 2.34. The van der Waals surface area contributed by atoms with E-state index in [2.05, 4.69) is 22.5 Å². The lowest BCUT2D eigenvalue weighted by atomic mass is 10.0. The van der Waals surface area contributed by atoms with E-state index in [0.717, 1.165) is 32.6 Å². The summed E-state index contributed by atoms with van der Waals surface area (Å²) in [6, 6.07) is 3.11. The zero-order valence-corrected chi connectivity index (χ0v) is 12.5. The van der Waals surface area contributed by atoms with E-state index in [1.165, 1.54) is 12.1 Å². The smallest absolute Gasteiger partial charge is 0.276 e. The Kier molecular flexibility index (Phi) is 5.32. The van der Waals surface area contributed by atoms with Crippen LogP contribution in [-0.2, 0) is 4.74 Å². The van der Waals surface area contributed by atoms with E-state index in [0.29, 0.717) is 17.6 Å². The van der Waals surface area contributed by atoms with E-state index in [-0.39, 0.29) is 11.7 Å². The van der Waals surface area contributed by atoms with Crippen molar-refractivity contribution in [2.45, 2.75) is 32.7 Å². The van der Waals surface area contributed by atoms with Crippen molar-refractivity contribution in [1.82, 2.24) is 4.98 Å². The van der Waals surface area contributed by atoms with Gasteiger partial charge in [0.05, 0.1) is 23.7 Å². The first-order chi connectivity index (χ1) is 10.1. The molecule has 1 aliphatic heterocycles. The fraction of sp³-hybridized carbons (Fsp3) is 0.643. The van der Waals surface area contributed by atoms with Gasteiger partial charge in [0.15, 0.2) is 0 Å². The van der Waals surface area contributed by atoms with Crippen LogP contribution in [-0.4, -0.2) is 35.7 Å². The summed E-state index contributed by atoms with van der Waals surface area (Å²) < 4.78 is 5.37. The van der Waals surface area contributed by atoms with Crippen molar-refractivity contribution in [3.05, 3.63) is 22.2 Å². The minimum atomic E-state index is -0.396. The van der Waals surface area contributed by atoms with Crippen LogP contribution in [0.2, 0.25) is 0 Å². The van der Waals surface area contributed by atoms with Gasteiger partial charge in [-0.15, -0.1) is 0 Å². The van der Waals surface area contributed by atoms with Gasteiger partial charge in [-0.2, -0.15) is 0 Å². The van der Waals surface area contributed by atoms with Crippen LogP contribution in [0.25, 0.3) is 0 Å². The van der Waals surface area contributed by atoms with Gasteiger partial charge in [-0.05, 0) is 19.8 Å². The second-order valence-electron chi connectivity index (χ2n) is 5.34. The molecule has 0 aromatic carbocycles. The zero-order chi connectivity index (χ0) is 15.2. The van der Waals surface area contributed by atoms with Crippen LogP contribution in [0.15, 0.2) is 12.1 Å². The van der Waals surface area contributed by atoms with Crippen molar-refractivity contribution in [3.63, 3.8) is 0 Å². The summed E-state index contributed by atoms with van der Waals surface area (Å²) in [6.45, 7) is 6.33. The van der Waals surface area contributed by atoms with Crippen LogP contribution in [0.5, 0.6) is 0 Å². The molecule has 1 aromatic heterocycles. The molecule has 0 radical (unpaired) electrons.